The lowest BCUT2D eigenvalue weighted by molar-refractivity contribution is -0.164. The number of nitrogens with one attached hydrogen (secondary N) is 3. The van der Waals surface area contributed by atoms with E-state index in [2.05, 4.69) is 16.0 Å². The molecule has 2 aromatic rings. The van der Waals surface area contributed by atoms with Gasteiger partial charge in [0.25, 0.3) is 11.8 Å². The van der Waals surface area contributed by atoms with E-state index >= 15 is 0 Å². The third-order valence-electron chi connectivity index (χ3n) is 7.25. The first kappa shape index (κ1) is 31.5. The van der Waals surface area contributed by atoms with Crippen molar-refractivity contribution in [3.63, 3.8) is 0 Å². The highest BCUT2D eigenvalue weighted by Crippen LogP contribution is 2.47. The number of nitrogens with zero attached hydrogens (tertiary/aromatic N) is 1. The van der Waals surface area contributed by atoms with E-state index in [9.17, 15) is 24.0 Å². The van der Waals surface area contributed by atoms with E-state index in [1.165, 1.54) is 0 Å². The SMILES string of the molecule is CCCNC(=O)c1cccc2c1-c1ccc(NC(=O)CCCC(=O)NCCOC)cc1C2COC(=O)ON1CCCC1=O. The summed E-state index contributed by atoms with van der Waals surface area (Å²) in [4.78, 5) is 67.0. The summed E-state index contributed by atoms with van der Waals surface area (Å²) in [6.45, 7) is 3.56. The average Bonchev–Trinajstić information content (AvgIpc) is 3.54. The Morgan fingerprint density at radius 3 is 2.56 bits per heavy atom. The van der Waals surface area contributed by atoms with Crippen LogP contribution in [-0.2, 0) is 28.7 Å². The molecule has 1 atom stereocenters. The van der Waals surface area contributed by atoms with E-state index in [0.717, 1.165) is 33.7 Å². The molecule has 1 aliphatic carbocycles. The van der Waals surface area contributed by atoms with E-state index in [-0.39, 0.29) is 43.1 Å². The van der Waals surface area contributed by atoms with Crippen molar-refractivity contribution in [1.82, 2.24) is 15.7 Å². The van der Waals surface area contributed by atoms with Gasteiger partial charge in [-0.25, -0.2) is 4.79 Å². The summed E-state index contributed by atoms with van der Waals surface area (Å²) in [5, 5.41) is 9.54. The Kier molecular flexibility index (Phi) is 11.1. The van der Waals surface area contributed by atoms with Crippen molar-refractivity contribution in [3.8, 4) is 11.1 Å². The highest BCUT2D eigenvalue weighted by Gasteiger charge is 2.34. The molecule has 3 N–H and O–H groups in total. The highest BCUT2D eigenvalue weighted by molar-refractivity contribution is 6.04. The van der Waals surface area contributed by atoms with E-state index < -0.39 is 12.1 Å². The van der Waals surface area contributed by atoms with Crippen LogP contribution in [0, 0.1) is 0 Å². The number of amides is 4. The Labute approximate surface area is 250 Å². The van der Waals surface area contributed by atoms with Gasteiger partial charge in [0.1, 0.15) is 6.61 Å². The minimum absolute atomic E-state index is 0.101. The Morgan fingerprint density at radius 2 is 1.81 bits per heavy atom. The van der Waals surface area contributed by atoms with Gasteiger partial charge in [-0.1, -0.05) is 25.1 Å². The summed E-state index contributed by atoms with van der Waals surface area (Å²) in [7, 11) is 1.55. The van der Waals surface area contributed by atoms with Gasteiger partial charge in [-0.15, -0.1) is 0 Å². The maximum Gasteiger partial charge on any atom is 0.533 e. The van der Waals surface area contributed by atoms with Gasteiger partial charge in [-0.2, -0.15) is 5.06 Å². The molecule has 0 bridgehead atoms. The Hall–Kier alpha value is -4.45. The van der Waals surface area contributed by atoms with Crippen LogP contribution in [0.25, 0.3) is 11.1 Å². The molecular weight excluding hydrogens is 556 g/mol. The number of methoxy groups -OCH3 is 1. The standard InChI is InChI=1S/C31H38N4O8/c1-3-14-33-30(39)23-8-4-7-21-25(19-42-31(40)43-35-16-6-11-28(35)38)24-18-20(12-13-22(24)29(21)23)34-27(37)10-5-9-26(36)32-15-17-41-2/h4,7-8,12-13,18,25H,3,5-6,9-11,14-17,19H2,1-2H3,(H,32,36)(H,33,39)(H,34,37). The summed E-state index contributed by atoms with van der Waals surface area (Å²) in [6.07, 6.45) is 1.48. The van der Waals surface area contributed by atoms with E-state index in [0.29, 0.717) is 56.8 Å². The van der Waals surface area contributed by atoms with Crippen LogP contribution in [-0.4, -0.2) is 74.8 Å². The number of carbonyl (C=O) groups is 5. The molecule has 12 heteroatoms. The normalized spacial score (nSPS) is 15.0. The first-order valence-electron chi connectivity index (χ1n) is 14.6. The lowest BCUT2D eigenvalue weighted by Gasteiger charge is -2.17. The highest BCUT2D eigenvalue weighted by atomic mass is 16.8. The Balaban J connectivity index is 1.49. The van der Waals surface area contributed by atoms with E-state index in [1.807, 2.05) is 25.1 Å². The van der Waals surface area contributed by atoms with Gasteiger partial charge in [-0.05, 0) is 59.7 Å². The van der Waals surface area contributed by atoms with Crippen LogP contribution >= 0.6 is 0 Å². The number of benzene rings is 2. The number of fused-ring (bicyclic) bond motifs is 3. The zero-order chi connectivity index (χ0) is 30.8. The average molecular weight is 595 g/mol. The number of hydroxylamine groups is 2. The van der Waals surface area contributed by atoms with Crippen LogP contribution in [0.1, 0.15) is 72.9 Å². The molecule has 4 amide bonds. The van der Waals surface area contributed by atoms with E-state index in [1.54, 1.807) is 25.3 Å². The smallest absolute Gasteiger partial charge is 0.432 e. The number of carbonyl (C=O) groups excluding carboxylic acids is 5. The summed E-state index contributed by atoms with van der Waals surface area (Å²) in [6, 6.07) is 10.8. The number of ether oxygens (including phenoxy) is 2. The fourth-order valence-corrected chi connectivity index (χ4v) is 5.19. The lowest BCUT2D eigenvalue weighted by Crippen LogP contribution is -2.29. The monoisotopic (exact) mass is 594 g/mol. The van der Waals surface area contributed by atoms with Gasteiger partial charge < -0.3 is 30.3 Å². The lowest BCUT2D eigenvalue weighted by atomic mass is 9.96. The van der Waals surface area contributed by atoms with Crippen LogP contribution in [0.2, 0.25) is 0 Å². The van der Waals surface area contributed by atoms with Gasteiger partial charge in [0.2, 0.25) is 11.8 Å². The molecule has 12 nitrogen and oxygen atoms in total. The molecule has 1 fully saturated rings. The van der Waals surface area contributed by atoms with Crippen molar-refractivity contribution in [2.24, 2.45) is 0 Å². The second-order valence-electron chi connectivity index (χ2n) is 10.4. The molecule has 2 aliphatic rings. The molecule has 0 saturated carbocycles. The molecule has 1 unspecified atom stereocenters. The number of rotatable bonds is 14. The largest absolute Gasteiger partial charge is 0.533 e. The maximum atomic E-state index is 13.1. The molecule has 1 heterocycles. The van der Waals surface area contributed by atoms with Gasteiger partial charge in [-0.3, -0.25) is 19.2 Å². The van der Waals surface area contributed by atoms with Crippen molar-refractivity contribution >= 4 is 35.5 Å². The minimum atomic E-state index is -0.988. The zero-order valence-electron chi connectivity index (χ0n) is 24.5. The molecule has 0 aromatic heterocycles. The maximum absolute atomic E-state index is 13.1. The predicted octanol–water partition coefficient (Wildman–Crippen LogP) is 3.50. The molecule has 43 heavy (non-hydrogen) atoms. The zero-order valence-corrected chi connectivity index (χ0v) is 24.5. The van der Waals surface area contributed by atoms with Gasteiger partial charge in [0.05, 0.1) is 13.2 Å². The van der Waals surface area contributed by atoms with Crippen molar-refractivity contribution in [3.05, 3.63) is 53.1 Å². The quantitative estimate of drug-likeness (QED) is 0.222. The molecule has 0 spiro atoms. The molecule has 0 radical (unpaired) electrons. The molecular formula is C31H38N4O8. The van der Waals surface area contributed by atoms with Crippen LogP contribution < -0.4 is 16.0 Å². The molecule has 1 aliphatic heterocycles. The fourth-order valence-electron chi connectivity index (χ4n) is 5.19. The number of hydrogen-bond donors (Lipinski definition) is 3. The van der Waals surface area contributed by atoms with Gasteiger partial charge in [0, 0.05) is 56.6 Å². The first-order chi connectivity index (χ1) is 20.8. The van der Waals surface area contributed by atoms with Crippen molar-refractivity contribution in [2.75, 3.05) is 45.3 Å². The molecule has 230 valence electrons. The third-order valence-corrected chi connectivity index (χ3v) is 7.25. The predicted molar refractivity (Wildman–Crippen MR) is 157 cm³/mol. The second kappa shape index (κ2) is 15.1. The van der Waals surface area contributed by atoms with Crippen LogP contribution in [0.3, 0.4) is 0 Å². The fraction of sp³-hybridized carbons (Fsp3) is 0.452. The molecule has 1 saturated heterocycles. The van der Waals surface area contributed by atoms with Crippen molar-refractivity contribution in [1.29, 1.82) is 0 Å². The number of anilines is 1. The summed E-state index contributed by atoms with van der Waals surface area (Å²) in [5.74, 6) is -1.32. The van der Waals surface area contributed by atoms with Crippen molar-refractivity contribution in [2.45, 2.75) is 51.4 Å². The van der Waals surface area contributed by atoms with Gasteiger partial charge >= 0.3 is 6.16 Å². The van der Waals surface area contributed by atoms with Crippen LogP contribution in [0.4, 0.5) is 10.5 Å². The minimum Gasteiger partial charge on any atom is -0.432 e. The van der Waals surface area contributed by atoms with Crippen LogP contribution in [0.15, 0.2) is 36.4 Å². The second-order valence-corrected chi connectivity index (χ2v) is 10.4. The Bertz CT molecular complexity index is 1360. The van der Waals surface area contributed by atoms with E-state index in [4.69, 9.17) is 14.3 Å². The first-order valence-corrected chi connectivity index (χ1v) is 14.6. The number of hydrogen-bond acceptors (Lipinski definition) is 8. The Morgan fingerprint density at radius 1 is 1.00 bits per heavy atom. The van der Waals surface area contributed by atoms with Gasteiger partial charge in [0.15, 0.2) is 0 Å². The summed E-state index contributed by atoms with van der Waals surface area (Å²) >= 11 is 0. The summed E-state index contributed by atoms with van der Waals surface area (Å²) in [5.41, 5.74) is 4.13. The topological polar surface area (TPSA) is 152 Å². The molecule has 4 rings (SSSR count). The van der Waals surface area contributed by atoms with Crippen LogP contribution in [0.5, 0.6) is 0 Å². The summed E-state index contributed by atoms with van der Waals surface area (Å²) < 4.78 is 10.4. The third kappa shape index (κ3) is 8.10. The van der Waals surface area contributed by atoms with Crippen molar-refractivity contribution < 1.29 is 38.3 Å². The molecule has 2 aromatic carbocycles.